The maximum absolute atomic E-state index is 14.5. The Labute approximate surface area is 358 Å². The molecule has 0 aliphatic carbocycles. The van der Waals surface area contributed by atoms with Crippen LogP contribution < -0.4 is 27.0 Å². The van der Waals surface area contributed by atoms with Crippen molar-refractivity contribution in [3.63, 3.8) is 0 Å². The second-order valence-electron chi connectivity index (χ2n) is 15.3. The highest BCUT2D eigenvalue weighted by atomic mass is 35.5. The number of phenols is 2. The van der Waals surface area contributed by atoms with Crippen molar-refractivity contribution in [1.29, 1.82) is 0 Å². The first-order chi connectivity index (χ1) is 29.1. The van der Waals surface area contributed by atoms with E-state index in [1.54, 1.807) is 42.5 Å². The van der Waals surface area contributed by atoms with Crippen LogP contribution in [0.3, 0.4) is 0 Å². The highest BCUT2D eigenvalue weighted by molar-refractivity contribution is 6.30. The fourth-order valence-corrected chi connectivity index (χ4v) is 7.34. The van der Waals surface area contributed by atoms with E-state index in [1.165, 1.54) is 51.2 Å². The number of nitrogens with two attached hydrogens (primary N) is 1. The number of halogens is 1. The summed E-state index contributed by atoms with van der Waals surface area (Å²) in [6.07, 6.45) is 0.519. The summed E-state index contributed by atoms with van der Waals surface area (Å²) < 4.78 is 5.07. The molecule has 6 atom stereocenters. The molecule has 4 aromatic rings. The SMILES string of the molecule is C[C@@H]1NC(=O)[C@@H](N(C)C(=O)[C@H](CCCCN)NC(=O)c2ccc(-c3ccc(Cl)cc3)cc2)c2ccc(O)c(c2)-c2cc(ccc2O)CC(C(=O)N[C@@H](C)C(=O)C2CO2)NC1=O. The van der Waals surface area contributed by atoms with Crippen LogP contribution in [0.5, 0.6) is 11.5 Å². The Hall–Kier alpha value is -6.29. The van der Waals surface area contributed by atoms with Crippen LogP contribution in [-0.2, 0) is 35.1 Å². The molecular weight excluding hydrogens is 804 g/mol. The van der Waals surface area contributed by atoms with Crippen LogP contribution >= 0.6 is 11.6 Å². The molecule has 4 bridgehead atoms. The smallest absolute Gasteiger partial charge is 0.251 e. The molecule has 320 valence electrons. The van der Waals surface area contributed by atoms with Gasteiger partial charge in [-0.25, -0.2) is 0 Å². The van der Waals surface area contributed by atoms with Gasteiger partial charge in [0.2, 0.25) is 23.6 Å². The molecule has 0 saturated carbocycles. The van der Waals surface area contributed by atoms with E-state index in [4.69, 9.17) is 22.1 Å². The molecule has 6 rings (SSSR count). The minimum absolute atomic E-state index is 0.0869. The number of unbranched alkanes of at least 4 members (excludes halogenated alkanes) is 1. The number of likely N-dealkylation sites (N-methyl/N-ethyl adjacent to an activating group) is 1. The molecule has 0 aromatic heterocycles. The molecule has 0 radical (unpaired) electrons. The summed E-state index contributed by atoms with van der Waals surface area (Å²) in [5, 5.41) is 33.6. The summed E-state index contributed by atoms with van der Waals surface area (Å²) in [7, 11) is 1.39. The Morgan fingerprint density at radius 2 is 1.49 bits per heavy atom. The van der Waals surface area contributed by atoms with Crippen molar-refractivity contribution in [2.24, 2.45) is 5.73 Å². The highest BCUT2D eigenvalue weighted by Crippen LogP contribution is 2.39. The van der Waals surface area contributed by atoms with Crippen molar-refractivity contribution in [1.82, 2.24) is 26.2 Å². The molecule has 61 heavy (non-hydrogen) atoms. The number of amides is 5. The highest BCUT2D eigenvalue weighted by Gasteiger charge is 2.38. The Bertz CT molecular complexity index is 2300. The van der Waals surface area contributed by atoms with Gasteiger partial charge in [0.05, 0.1) is 12.6 Å². The van der Waals surface area contributed by atoms with E-state index in [-0.39, 0.29) is 53.4 Å². The summed E-state index contributed by atoms with van der Waals surface area (Å²) in [5.74, 6) is -4.17. The second kappa shape index (κ2) is 19.4. The van der Waals surface area contributed by atoms with Crippen molar-refractivity contribution in [3.8, 4) is 33.8 Å². The fourth-order valence-electron chi connectivity index (χ4n) is 7.21. The number of phenolic OH excluding ortho intramolecular Hbond substituents is 2. The summed E-state index contributed by atoms with van der Waals surface area (Å²) >= 11 is 6.04. The van der Waals surface area contributed by atoms with Crippen molar-refractivity contribution in [3.05, 3.63) is 107 Å². The third-order valence-corrected chi connectivity index (χ3v) is 11.1. The number of ether oxygens (including phenoxy) is 1. The number of aromatic hydroxyl groups is 2. The first-order valence-electron chi connectivity index (χ1n) is 20.0. The fraction of sp³-hybridized carbons (Fsp3) is 0.333. The van der Waals surface area contributed by atoms with Crippen LogP contribution in [-0.4, -0.2) is 101 Å². The van der Waals surface area contributed by atoms with Crippen LogP contribution in [0.2, 0.25) is 5.02 Å². The lowest BCUT2D eigenvalue weighted by Gasteiger charge is -2.32. The Morgan fingerprint density at radius 3 is 2.13 bits per heavy atom. The van der Waals surface area contributed by atoms with Crippen molar-refractivity contribution in [2.45, 2.75) is 75.8 Å². The maximum atomic E-state index is 14.5. The van der Waals surface area contributed by atoms with Crippen LogP contribution in [0.25, 0.3) is 22.3 Å². The number of nitrogens with zero attached hydrogens (tertiary/aromatic N) is 1. The lowest BCUT2D eigenvalue weighted by atomic mass is 9.93. The zero-order valence-corrected chi connectivity index (χ0v) is 34.7. The van der Waals surface area contributed by atoms with Crippen molar-refractivity contribution in [2.75, 3.05) is 20.2 Å². The van der Waals surface area contributed by atoms with Gasteiger partial charge in [-0.05, 0) is 110 Å². The van der Waals surface area contributed by atoms with Crippen LogP contribution in [0.4, 0.5) is 0 Å². The van der Waals surface area contributed by atoms with E-state index in [0.29, 0.717) is 35.5 Å². The van der Waals surface area contributed by atoms with Gasteiger partial charge in [-0.15, -0.1) is 0 Å². The molecule has 4 aromatic carbocycles. The van der Waals surface area contributed by atoms with Crippen LogP contribution in [0.15, 0.2) is 84.9 Å². The van der Waals surface area contributed by atoms with E-state index < -0.39 is 65.8 Å². The number of hydrogen-bond donors (Lipinski definition) is 7. The summed E-state index contributed by atoms with van der Waals surface area (Å²) in [6, 6.07) is 16.8. The van der Waals surface area contributed by atoms with Gasteiger partial charge in [-0.1, -0.05) is 48.0 Å². The van der Waals surface area contributed by atoms with Gasteiger partial charge in [0.1, 0.15) is 41.8 Å². The molecule has 1 fully saturated rings. The molecule has 15 nitrogen and oxygen atoms in total. The first kappa shape index (κ1) is 44.3. The average molecular weight is 853 g/mol. The van der Waals surface area contributed by atoms with Gasteiger partial charge < -0.3 is 46.9 Å². The number of hydrogen-bond acceptors (Lipinski definition) is 10. The van der Waals surface area contributed by atoms with E-state index in [2.05, 4.69) is 21.3 Å². The van der Waals surface area contributed by atoms with Gasteiger partial charge in [0, 0.05) is 35.2 Å². The number of epoxide rings is 1. The third-order valence-electron chi connectivity index (χ3n) is 10.8. The van der Waals surface area contributed by atoms with Gasteiger partial charge in [-0.3, -0.25) is 28.8 Å². The lowest BCUT2D eigenvalue weighted by Crippen LogP contribution is -2.57. The monoisotopic (exact) mass is 852 g/mol. The quantitative estimate of drug-likeness (QED) is 0.0764. The number of carbonyl (C=O) groups excluding carboxylic acids is 6. The summed E-state index contributed by atoms with van der Waals surface area (Å²) in [4.78, 5) is 83.7. The number of benzene rings is 4. The molecule has 2 heterocycles. The predicted octanol–water partition coefficient (Wildman–Crippen LogP) is 3.53. The molecule has 8 N–H and O–H groups in total. The van der Waals surface area contributed by atoms with Gasteiger partial charge in [0.15, 0.2) is 5.78 Å². The normalized spacial score (nSPS) is 19.6. The van der Waals surface area contributed by atoms with Gasteiger partial charge in [0.25, 0.3) is 5.91 Å². The Morgan fingerprint density at radius 1 is 0.869 bits per heavy atom. The van der Waals surface area contributed by atoms with E-state index in [0.717, 1.165) is 16.0 Å². The minimum atomic E-state index is -1.43. The summed E-state index contributed by atoms with van der Waals surface area (Å²) in [5.41, 5.74) is 8.78. The topological polar surface area (TPSA) is 233 Å². The molecule has 2 aliphatic heterocycles. The molecule has 2 aliphatic rings. The molecule has 0 spiro atoms. The van der Waals surface area contributed by atoms with Gasteiger partial charge in [-0.2, -0.15) is 0 Å². The van der Waals surface area contributed by atoms with Crippen LogP contribution in [0, 0.1) is 0 Å². The van der Waals surface area contributed by atoms with Gasteiger partial charge >= 0.3 is 0 Å². The third kappa shape index (κ3) is 10.7. The standard InChI is InChI=1S/C45H49ClN6O9/c1-24(40(55)38-23-61-38)48-43(58)35-21-26-7-17-36(53)32(20-26)33-22-30(14-18-37(33)54)39(44(59)49-25(2)41(56)51-35)52(3)45(60)34(6-4-5-19-47)50-42(57)29-10-8-27(9-11-29)28-12-15-31(46)16-13-28/h7-18,20,22,24-25,34-35,38-39,53-54H,4-6,19,21,23,47H2,1-3H3,(H,48,58)(H,49,59)(H,50,57)(H,51,56)/t24-,25-,34-,35?,38?,39-/m0/s1. The number of fused-ring (bicyclic) bond motifs is 5. The largest absolute Gasteiger partial charge is 0.507 e. The molecular formula is C45H49ClN6O9. The summed E-state index contributed by atoms with van der Waals surface area (Å²) in [6.45, 7) is 3.53. The van der Waals surface area contributed by atoms with Crippen molar-refractivity contribution < 1.29 is 43.7 Å². The Kier molecular flexibility index (Phi) is 14.1. The second-order valence-corrected chi connectivity index (χ2v) is 15.8. The minimum Gasteiger partial charge on any atom is -0.507 e. The number of nitrogens with one attached hydrogen (secondary N) is 4. The molecule has 1 saturated heterocycles. The average Bonchev–Trinajstić information content (AvgIpc) is 4.10. The maximum Gasteiger partial charge on any atom is 0.251 e. The Balaban J connectivity index is 1.31. The number of Topliss-reactive ketones (excluding diaryl/α,β-unsaturated/α-hetero) is 1. The molecule has 5 amide bonds. The lowest BCUT2D eigenvalue weighted by molar-refractivity contribution is -0.141. The van der Waals surface area contributed by atoms with E-state index in [1.807, 2.05) is 12.1 Å². The predicted molar refractivity (Wildman–Crippen MR) is 227 cm³/mol. The number of rotatable bonds is 13. The molecule has 16 heteroatoms. The number of carbonyl (C=O) groups is 6. The van der Waals surface area contributed by atoms with E-state index >= 15 is 0 Å². The number of ketones is 1. The zero-order valence-electron chi connectivity index (χ0n) is 33.9. The van der Waals surface area contributed by atoms with Crippen LogP contribution in [0.1, 0.15) is 60.6 Å². The zero-order chi connectivity index (χ0) is 44.0. The van der Waals surface area contributed by atoms with E-state index in [9.17, 15) is 39.0 Å². The molecule has 2 unspecified atom stereocenters. The first-order valence-corrected chi connectivity index (χ1v) is 20.4. The van der Waals surface area contributed by atoms with Crippen molar-refractivity contribution >= 4 is 46.9 Å².